The van der Waals surface area contributed by atoms with E-state index in [-0.39, 0.29) is 11.6 Å². The Morgan fingerprint density at radius 2 is 2.00 bits per heavy atom. The highest BCUT2D eigenvalue weighted by molar-refractivity contribution is 7.73. The van der Waals surface area contributed by atoms with Crippen molar-refractivity contribution in [3.8, 4) is 5.88 Å². The van der Waals surface area contributed by atoms with E-state index in [9.17, 15) is 13.5 Å². The van der Waals surface area contributed by atoms with Crippen LogP contribution in [0.4, 0.5) is 5.69 Å². The van der Waals surface area contributed by atoms with E-state index in [1.165, 1.54) is 6.07 Å². The van der Waals surface area contributed by atoms with Gasteiger partial charge in [-0.2, -0.15) is 0 Å². The van der Waals surface area contributed by atoms with Crippen LogP contribution in [0.1, 0.15) is 0 Å². The summed E-state index contributed by atoms with van der Waals surface area (Å²) in [5.74, 6) is -0.326. The molecule has 0 bridgehead atoms. The summed E-state index contributed by atoms with van der Waals surface area (Å²) in [6, 6.07) is 8.64. The fourth-order valence-electron chi connectivity index (χ4n) is 1.29. The maximum absolute atomic E-state index is 10.4. The number of anilines is 1. The van der Waals surface area contributed by atoms with Crippen LogP contribution in [0.3, 0.4) is 0 Å². The number of nitrogens with zero attached hydrogens (tertiary/aromatic N) is 1. The van der Waals surface area contributed by atoms with E-state index in [4.69, 9.17) is 0 Å². The van der Waals surface area contributed by atoms with Gasteiger partial charge in [0.05, 0.1) is 5.52 Å². The summed E-state index contributed by atoms with van der Waals surface area (Å²) in [5.41, 5.74) is 0.700. The Labute approximate surface area is 87.5 Å². The Balaban J connectivity index is 2.61. The van der Waals surface area contributed by atoms with Crippen molar-refractivity contribution in [2.75, 3.05) is 4.72 Å². The number of para-hydroxylation sites is 1. The fraction of sp³-hybridized carbons (Fsp3) is 0. The van der Waals surface area contributed by atoms with E-state index < -0.39 is 10.9 Å². The van der Waals surface area contributed by atoms with Gasteiger partial charge in [-0.05, 0) is 12.1 Å². The molecule has 0 amide bonds. The Morgan fingerprint density at radius 3 is 2.73 bits per heavy atom. The van der Waals surface area contributed by atoms with Crippen molar-refractivity contribution in [3.05, 3.63) is 30.3 Å². The zero-order valence-corrected chi connectivity index (χ0v) is 8.44. The van der Waals surface area contributed by atoms with Gasteiger partial charge in [0.1, 0.15) is 5.69 Å². The van der Waals surface area contributed by atoms with Gasteiger partial charge < -0.3 is 5.11 Å². The second kappa shape index (κ2) is 3.74. The first-order valence-corrected chi connectivity index (χ1v) is 5.34. The number of hydrogen-bond donors (Lipinski definition) is 3. The molecule has 0 unspecified atom stereocenters. The van der Waals surface area contributed by atoms with E-state index in [1.807, 2.05) is 6.07 Å². The predicted molar refractivity (Wildman–Crippen MR) is 57.3 cm³/mol. The molecule has 6 heteroatoms. The third-order valence-electron chi connectivity index (χ3n) is 1.92. The van der Waals surface area contributed by atoms with E-state index >= 15 is 0 Å². The van der Waals surface area contributed by atoms with Gasteiger partial charge in [0, 0.05) is 5.39 Å². The molecule has 0 aliphatic heterocycles. The van der Waals surface area contributed by atoms with Gasteiger partial charge in [0.2, 0.25) is 16.8 Å². The first-order chi connectivity index (χ1) is 7.16. The molecule has 1 aromatic heterocycles. The monoisotopic (exact) mass is 224 g/mol. The molecule has 0 aliphatic carbocycles. The molecular weight excluding hydrogens is 216 g/mol. The zero-order valence-electron chi connectivity index (χ0n) is 7.54. The van der Waals surface area contributed by atoms with Crippen LogP contribution >= 0.6 is 0 Å². The maximum Gasteiger partial charge on any atom is 0.236 e. The Hall–Kier alpha value is -1.82. The number of rotatable bonds is 2. The van der Waals surface area contributed by atoms with Crippen molar-refractivity contribution in [2.45, 2.75) is 0 Å². The predicted octanol–water partition coefficient (Wildman–Crippen LogP) is 0.879. The summed E-state index contributed by atoms with van der Waals surface area (Å²) in [7, 11) is -2.80. The first-order valence-electron chi connectivity index (χ1n) is 4.16. The molecule has 2 aromatic rings. The molecule has 2 N–H and O–H groups in total. The van der Waals surface area contributed by atoms with Crippen LogP contribution in [0.5, 0.6) is 5.88 Å². The van der Waals surface area contributed by atoms with E-state index in [0.29, 0.717) is 5.52 Å². The van der Waals surface area contributed by atoms with Gasteiger partial charge in [0.15, 0.2) is 0 Å². The van der Waals surface area contributed by atoms with Crippen LogP contribution in [0.15, 0.2) is 30.3 Å². The summed E-state index contributed by atoms with van der Waals surface area (Å²) in [5, 5.41) is 10.2. The number of pyridine rings is 1. The third kappa shape index (κ3) is 1.99. The SMILES string of the molecule is O=[SH](=O)Nc1cc2ccccc2nc1O. The molecule has 5 nitrogen and oxygen atoms in total. The van der Waals surface area contributed by atoms with Gasteiger partial charge in [0.25, 0.3) is 0 Å². The summed E-state index contributed by atoms with van der Waals surface area (Å²) >= 11 is 0. The lowest BCUT2D eigenvalue weighted by atomic mass is 10.2. The summed E-state index contributed by atoms with van der Waals surface area (Å²) in [4.78, 5) is 3.85. The molecule has 0 spiro atoms. The molecule has 0 aliphatic rings. The standard InChI is InChI=1S/C9H8N2O3S/c12-9-8(11-15(13)14)5-6-3-1-2-4-7(6)10-9/h1-5,15H,(H,10,12)(H,11,13,14). The minimum Gasteiger partial charge on any atom is -0.492 e. The van der Waals surface area contributed by atoms with E-state index in [0.717, 1.165) is 5.39 Å². The number of nitrogens with one attached hydrogen (secondary N) is 1. The Bertz CT molecular complexity index is 573. The van der Waals surface area contributed by atoms with Crippen LogP contribution in [0, 0.1) is 0 Å². The molecule has 0 atom stereocenters. The second-order valence-corrected chi connectivity index (χ2v) is 3.66. The van der Waals surface area contributed by atoms with Crippen molar-refractivity contribution in [1.29, 1.82) is 0 Å². The number of aromatic hydroxyl groups is 1. The normalized spacial score (nSPS) is 10.7. The van der Waals surface area contributed by atoms with Gasteiger partial charge in [-0.25, -0.2) is 13.4 Å². The molecule has 0 radical (unpaired) electrons. The number of hydrogen-bond acceptors (Lipinski definition) is 4. The average molecular weight is 224 g/mol. The zero-order chi connectivity index (χ0) is 10.8. The molecule has 0 saturated heterocycles. The molecule has 2 rings (SSSR count). The molecular formula is C9H8N2O3S. The number of aromatic nitrogens is 1. The van der Waals surface area contributed by atoms with E-state index in [2.05, 4.69) is 9.71 Å². The van der Waals surface area contributed by atoms with Crippen LogP contribution < -0.4 is 4.72 Å². The molecule has 1 aromatic carbocycles. The fourth-order valence-corrected chi connectivity index (χ4v) is 1.65. The minimum atomic E-state index is -2.80. The van der Waals surface area contributed by atoms with Crippen LogP contribution in [0.25, 0.3) is 10.9 Å². The topological polar surface area (TPSA) is 79.3 Å². The molecule has 0 fully saturated rings. The molecule has 78 valence electrons. The highest BCUT2D eigenvalue weighted by atomic mass is 32.2. The van der Waals surface area contributed by atoms with Crippen LogP contribution in [-0.2, 0) is 10.9 Å². The van der Waals surface area contributed by atoms with Crippen molar-refractivity contribution in [3.63, 3.8) is 0 Å². The maximum atomic E-state index is 10.4. The minimum absolute atomic E-state index is 0.0878. The number of thiol groups is 1. The molecule has 15 heavy (non-hydrogen) atoms. The third-order valence-corrected chi connectivity index (χ3v) is 2.34. The number of benzene rings is 1. The van der Waals surface area contributed by atoms with Crippen molar-refractivity contribution in [2.24, 2.45) is 0 Å². The Kier molecular flexibility index (Phi) is 2.42. The van der Waals surface area contributed by atoms with Gasteiger partial charge >= 0.3 is 0 Å². The van der Waals surface area contributed by atoms with Gasteiger partial charge in [-0.15, -0.1) is 0 Å². The molecule has 0 saturated carbocycles. The first kappa shape index (κ1) is 9.72. The van der Waals surface area contributed by atoms with Crippen molar-refractivity contribution >= 4 is 27.5 Å². The van der Waals surface area contributed by atoms with Crippen LogP contribution in [-0.4, -0.2) is 18.5 Å². The summed E-state index contributed by atoms with van der Waals surface area (Å²) in [6.07, 6.45) is 0. The Morgan fingerprint density at radius 1 is 1.27 bits per heavy atom. The van der Waals surface area contributed by atoms with E-state index in [1.54, 1.807) is 18.2 Å². The molecule has 1 heterocycles. The smallest absolute Gasteiger partial charge is 0.236 e. The lowest BCUT2D eigenvalue weighted by Gasteiger charge is -2.03. The quantitative estimate of drug-likeness (QED) is 0.661. The second-order valence-electron chi connectivity index (χ2n) is 2.92. The summed E-state index contributed by atoms with van der Waals surface area (Å²) < 4.78 is 23.0. The summed E-state index contributed by atoms with van der Waals surface area (Å²) in [6.45, 7) is 0. The highest BCUT2D eigenvalue weighted by Gasteiger charge is 2.04. The van der Waals surface area contributed by atoms with Crippen molar-refractivity contribution in [1.82, 2.24) is 4.98 Å². The van der Waals surface area contributed by atoms with Crippen LogP contribution in [0.2, 0.25) is 0 Å². The van der Waals surface area contributed by atoms with Crippen molar-refractivity contribution < 1.29 is 13.5 Å². The lowest BCUT2D eigenvalue weighted by molar-refractivity contribution is 0.458. The lowest BCUT2D eigenvalue weighted by Crippen LogP contribution is -1.96. The average Bonchev–Trinajstić information content (AvgIpc) is 2.18. The highest BCUT2D eigenvalue weighted by Crippen LogP contribution is 2.25. The number of fused-ring (bicyclic) bond motifs is 1. The van der Waals surface area contributed by atoms with Gasteiger partial charge in [-0.1, -0.05) is 18.2 Å². The van der Waals surface area contributed by atoms with Gasteiger partial charge in [-0.3, -0.25) is 4.72 Å². The largest absolute Gasteiger partial charge is 0.492 e.